The molecule has 9 heteroatoms. The number of nitrogens with one attached hydrogen (secondary N) is 1. The van der Waals surface area contributed by atoms with Crippen LogP contribution in [0.3, 0.4) is 0 Å². The van der Waals surface area contributed by atoms with E-state index in [2.05, 4.69) is 65.8 Å². The molecule has 0 saturated heterocycles. The molecule has 2 heterocycles. The predicted octanol–water partition coefficient (Wildman–Crippen LogP) is 5.74. The number of thioether (sulfide) groups is 1. The number of hydrogen-bond donors (Lipinski definition) is 1. The molecule has 0 fully saturated rings. The Labute approximate surface area is 220 Å². The number of amides is 1. The van der Waals surface area contributed by atoms with Crippen molar-refractivity contribution >= 4 is 30.0 Å². The van der Waals surface area contributed by atoms with Crippen LogP contribution in [-0.2, 0) is 10.2 Å². The zero-order chi connectivity index (χ0) is 26.3. The Morgan fingerprint density at radius 3 is 2.51 bits per heavy atom. The van der Waals surface area contributed by atoms with Crippen LogP contribution in [0.15, 0.2) is 87.7 Å². The van der Waals surface area contributed by atoms with Crippen molar-refractivity contribution in [3.05, 3.63) is 84.3 Å². The maximum Gasteiger partial charge on any atom is 0.250 e. The van der Waals surface area contributed by atoms with Gasteiger partial charge in [0.2, 0.25) is 0 Å². The molecular weight excluding hydrogens is 486 g/mol. The summed E-state index contributed by atoms with van der Waals surface area (Å²) < 4.78 is 12.5. The summed E-state index contributed by atoms with van der Waals surface area (Å²) in [5, 5.41) is 13.4. The Hall–Kier alpha value is -4.11. The standard InChI is InChI=1S/C28H29N5O3S/c1-28(2,3)21-11-9-20(10-12-21)26-31-32-27(33(26)22-13-15-23(35-4)16-14-22)37-19-25(34)30-29-17-5-7-24-8-6-18-36-24/h5-18H,19H2,1-4H3,(H,30,34)/b7-5+,29-17-. The van der Waals surface area contributed by atoms with E-state index in [0.29, 0.717) is 16.7 Å². The summed E-state index contributed by atoms with van der Waals surface area (Å²) in [5.41, 5.74) is 5.60. The van der Waals surface area contributed by atoms with E-state index in [1.807, 2.05) is 34.9 Å². The van der Waals surface area contributed by atoms with Gasteiger partial charge in [0.15, 0.2) is 11.0 Å². The van der Waals surface area contributed by atoms with Gasteiger partial charge in [0.1, 0.15) is 11.5 Å². The Morgan fingerprint density at radius 1 is 1.11 bits per heavy atom. The first-order valence-corrected chi connectivity index (χ1v) is 12.7. The summed E-state index contributed by atoms with van der Waals surface area (Å²) in [6.45, 7) is 6.54. The number of furan rings is 1. The molecule has 1 amide bonds. The molecule has 2 aromatic carbocycles. The number of benzene rings is 2. The summed E-state index contributed by atoms with van der Waals surface area (Å²) in [7, 11) is 1.63. The van der Waals surface area contributed by atoms with Crippen LogP contribution < -0.4 is 10.2 Å². The normalized spacial score (nSPS) is 11.9. The van der Waals surface area contributed by atoms with Gasteiger partial charge in [-0.25, -0.2) is 5.43 Å². The molecule has 37 heavy (non-hydrogen) atoms. The van der Waals surface area contributed by atoms with Crippen LogP contribution >= 0.6 is 11.8 Å². The molecule has 0 spiro atoms. The van der Waals surface area contributed by atoms with Crippen molar-refractivity contribution in [3.63, 3.8) is 0 Å². The molecule has 0 radical (unpaired) electrons. The number of aromatic nitrogens is 3. The van der Waals surface area contributed by atoms with Crippen LogP contribution in [0.5, 0.6) is 5.75 Å². The van der Waals surface area contributed by atoms with Gasteiger partial charge >= 0.3 is 0 Å². The van der Waals surface area contributed by atoms with E-state index >= 15 is 0 Å². The van der Waals surface area contributed by atoms with Crippen molar-refractivity contribution < 1.29 is 13.9 Å². The number of hydrogen-bond acceptors (Lipinski definition) is 7. The average molecular weight is 516 g/mol. The highest BCUT2D eigenvalue weighted by molar-refractivity contribution is 7.99. The molecule has 0 saturated carbocycles. The van der Waals surface area contributed by atoms with Crippen LogP contribution in [0.1, 0.15) is 32.1 Å². The van der Waals surface area contributed by atoms with Crippen LogP contribution in [0.25, 0.3) is 23.2 Å². The highest BCUT2D eigenvalue weighted by Gasteiger charge is 2.19. The predicted molar refractivity (Wildman–Crippen MR) is 147 cm³/mol. The first kappa shape index (κ1) is 26.0. The maximum atomic E-state index is 12.4. The van der Waals surface area contributed by atoms with Gasteiger partial charge in [-0.3, -0.25) is 9.36 Å². The SMILES string of the molecule is COc1ccc(-n2c(SCC(=O)N/N=C\C=C\c3ccco3)nnc2-c2ccc(C(C)(C)C)cc2)cc1. The van der Waals surface area contributed by atoms with Crippen LogP contribution in [0.2, 0.25) is 0 Å². The van der Waals surface area contributed by atoms with E-state index in [9.17, 15) is 4.79 Å². The largest absolute Gasteiger partial charge is 0.497 e. The Morgan fingerprint density at radius 2 is 1.86 bits per heavy atom. The summed E-state index contributed by atoms with van der Waals surface area (Å²) >= 11 is 1.28. The average Bonchev–Trinajstić information content (AvgIpc) is 3.57. The fourth-order valence-electron chi connectivity index (χ4n) is 3.47. The molecule has 2 aromatic heterocycles. The molecule has 0 aliphatic rings. The molecule has 0 aliphatic heterocycles. The third-order valence-electron chi connectivity index (χ3n) is 5.46. The van der Waals surface area contributed by atoms with Gasteiger partial charge in [-0.2, -0.15) is 5.10 Å². The van der Waals surface area contributed by atoms with Crippen molar-refractivity contribution in [1.82, 2.24) is 20.2 Å². The lowest BCUT2D eigenvalue weighted by atomic mass is 9.87. The minimum atomic E-state index is -0.256. The van der Waals surface area contributed by atoms with Crippen LogP contribution in [0, 0.1) is 0 Å². The second-order valence-electron chi connectivity index (χ2n) is 9.14. The summed E-state index contributed by atoms with van der Waals surface area (Å²) in [6, 6.07) is 19.6. The number of carbonyl (C=O) groups excluding carboxylic acids is 1. The van der Waals surface area contributed by atoms with Crippen molar-refractivity contribution in [2.45, 2.75) is 31.3 Å². The van der Waals surface area contributed by atoms with Crippen LogP contribution in [-0.4, -0.2) is 39.7 Å². The number of carbonyl (C=O) groups is 1. The number of ether oxygens (including phenoxy) is 1. The minimum Gasteiger partial charge on any atom is -0.497 e. The highest BCUT2D eigenvalue weighted by atomic mass is 32.2. The van der Waals surface area contributed by atoms with Crippen molar-refractivity contribution in [2.24, 2.45) is 5.10 Å². The number of nitrogens with zero attached hydrogens (tertiary/aromatic N) is 4. The van der Waals surface area contributed by atoms with E-state index in [-0.39, 0.29) is 17.1 Å². The van der Waals surface area contributed by atoms with Gasteiger partial charge in [0.05, 0.1) is 19.1 Å². The third-order valence-corrected chi connectivity index (χ3v) is 6.39. The monoisotopic (exact) mass is 515 g/mol. The van der Waals surface area contributed by atoms with E-state index < -0.39 is 0 Å². The van der Waals surface area contributed by atoms with Crippen molar-refractivity contribution in [1.29, 1.82) is 0 Å². The molecule has 0 aliphatic carbocycles. The molecule has 0 bridgehead atoms. The van der Waals surface area contributed by atoms with Gasteiger partial charge in [-0.05, 0) is 59.5 Å². The van der Waals surface area contributed by atoms with Gasteiger partial charge in [0, 0.05) is 17.5 Å². The molecule has 0 unspecified atom stereocenters. The smallest absolute Gasteiger partial charge is 0.250 e. The Bertz CT molecular complexity index is 1370. The molecule has 1 N–H and O–H groups in total. The van der Waals surface area contributed by atoms with Crippen LogP contribution in [0.4, 0.5) is 0 Å². The fourth-order valence-corrected chi connectivity index (χ4v) is 4.22. The van der Waals surface area contributed by atoms with Gasteiger partial charge in [-0.1, -0.05) is 56.8 Å². The van der Waals surface area contributed by atoms with Gasteiger partial charge in [-0.15, -0.1) is 10.2 Å². The molecule has 4 aromatic rings. The summed E-state index contributed by atoms with van der Waals surface area (Å²) in [4.78, 5) is 12.4. The molecule has 190 valence electrons. The lowest BCUT2D eigenvalue weighted by Gasteiger charge is -2.19. The number of hydrazone groups is 1. The molecule has 4 rings (SSSR count). The minimum absolute atomic E-state index is 0.0492. The Balaban J connectivity index is 1.51. The highest BCUT2D eigenvalue weighted by Crippen LogP contribution is 2.30. The molecule has 0 atom stereocenters. The first-order valence-electron chi connectivity index (χ1n) is 11.7. The van der Waals surface area contributed by atoms with Gasteiger partial charge in [0.25, 0.3) is 5.91 Å². The number of rotatable bonds is 9. The zero-order valence-electron chi connectivity index (χ0n) is 21.2. The molecule has 8 nitrogen and oxygen atoms in total. The quantitative estimate of drug-likeness (QED) is 0.174. The van der Waals surface area contributed by atoms with E-state index in [4.69, 9.17) is 9.15 Å². The van der Waals surface area contributed by atoms with E-state index in [0.717, 1.165) is 17.0 Å². The number of methoxy groups -OCH3 is 1. The lowest BCUT2D eigenvalue weighted by molar-refractivity contribution is -0.118. The topological polar surface area (TPSA) is 94.5 Å². The molecular formula is C28H29N5O3S. The zero-order valence-corrected chi connectivity index (χ0v) is 22.0. The summed E-state index contributed by atoms with van der Waals surface area (Å²) in [6.07, 6.45) is 6.51. The van der Waals surface area contributed by atoms with E-state index in [1.165, 1.54) is 23.5 Å². The Kier molecular flexibility index (Phi) is 8.25. The second kappa shape index (κ2) is 11.7. The van der Waals surface area contributed by atoms with Crippen molar-refractivity contribution in [2.75, 3.05) is 12.9 Å². The van der Waals surface area contributed by atoms with E-state index in [1.54, 1.807) is 31.6 Å². The number of allylic oxidation sites excluding steroid dienone is 1. The lowest BCUT2D eigenvalue weighted by Crippen LogP contribution is -2.19. The third kappa shape index (κ3) is 6.77. The summed E-state index contributed by atoms with van der Waals surface area (Å²) in [5.74, 6) is 2.01. The van der Waals surface area contributed by atoms with Gasteiger partial charge < -0.3 is 9.15 Å². The van der Waals surface area contributed by atoms with Crippen molar-refractivity contribution in [3.8, 4) is 22.8 Å². The fraction of sp³-hybridized carbons (Fsp3) is 0.214. The maximum absolute atomic E-state index is 12.4. The second-order valence-corrected chi connectivity index (χ2v) is 10.1. The first-order chi connectivity index (χ1) is 17.8.